The summed E-state index contributed by atoms with van der Waals surface area (Å²) in [6.07, 6.45) is -1.73. The van der Waals surface area contributed by atoms with E-state index in [4.69, 9.17) is 11.6 Å². The van der Waals surface area contributed by atoms with Gasteiger partial charge in [-0.3, -0.25) is 14.5 Å². The number of nitrogens with zero attached hydrogens (tertiary/aromatic N) is 1. The van der Waals surface area contributed by atoms with E-state index in [2.05, 4.69) is 5.32 Å². The van der Waals surface area contributed by atoms with Crippen LogP contribution in [0.4, 0.5) is 0 Å². The third kappa shape index (κ3) is 4.07. The first-order valence-corrected chi connectivity index (χ1v) is 10.0. The van der Waals surface area contributed by atoms with Crippen LogP contribution in [0, 0.1) is 0 Å². The van der Waals surface area contributed by atoms with Crippen LogP contribution in [-0.4, -0.2) is 65.1 Å². The number of hydrogen-bond donors (Lipinski definition) is 3. The molecule has 0 aliphatic carbocycles. The van der Waals surface area contributed by atoms with E-state index in [1.54, 1.807) is 0 Å². The third-order valence-electron chi connectivity index (χ3n) is 4.46. The first kappa shape index (κ1) is 23.4. The molecule has 3 N–H and O–H groups in total. The van der Waals surface area contributed by atoms with E-state index in [9.17, 15) is 38.1 Å². The van der Waals surface area contributed by atoms with Gasteiger partial charge in [-0.2, -0.15) is 0 Å². The van der Waals surface area contributed by atoms with E-state index < -0.39 is 63.2 Å². The number of β-lactam (4-membered cyclic amide) rings is 1. The average molecular weight is 437 g/mol. The van der Waals surface area contributed by atoms with E-state index in [1.807, 2.05) is 0 Å². The molecule has 3 rings (SSSR count). The molecule has 13 heteroatoms. The molecule has 0 bridgehead atoms. The van der Waals surface area contributed by atoms with Gasteiger partial charge in [0.2, 0.25) is 0 Å². The first-order chi connectivity index (χ1) is 13.1. The average Bonchev–Trinajstić information content (AvgIpc) is 2.63. The maximum Gasteiger partial charge on any atom is 1.00 e. The van der Waals surface area contributed by atoms with Gasteiger partial charge in [-0.25, -0.2) is 8.42 Å². The van der Waals surface area contributed by atoms with Crippen molar-refractivity contribution < 1.29 is 57.0 Å². The summed E-state index contributed by atoms with van der Waals surface area (Å²) in [7, 11) is -4.10. The number of carboxylic acid groups (broad SMARTS) is 1. The van der Waals surface area contributed by atoms with Crippen LogP contribution in [0.1, 0.15) is 11.7 Å². The minimum absolute atomic E-state index is 0. The molecule has 1 unspecified atom stereocenters. The van der Waals surface area contributed by atoms with Crippen LogP contribution < -0.4 is 29.3 Å². The van der Waals surface area contributed by atoms with Crippen molar-refractivity contribution >= 4 is 39.2 Å². The minimum Gasteiger partial charge on any atom is -0.543 e. The number of benzene rings is 1. The third-order valence-corrected chi connectivity index (χ3v) is 6.66. The zero-order valence-corrected chi connectivity index (χ0v) is 16.6. The number of carbonyl (C=O) groups is 3. The van der Waals surface area contributed by atoms with Gasteiger partial charge < -0.3 is 25.4 Å². The van der Waals surface area contributed by atoms with Gasteiger partial charge in [0.25, 0.3) is 11.8 Å². The summed E-state index contributed by atoms with van der Waals surface area (Å²) in [6.45, 7) is -0.885. The molecule has 2 amide bonds. The molecule has 2 heterocycles. The number of hydrogen-bond acceptors (Lipinski definition) is 8. The number of rotatable bonds is 5. The minimum atomic E-state index is -4.10. The molecule has 1 saturated heterocycles. The van der Waals surface area contributed by atoms with Crippen molar-refractivity contribution in [3.8, 4) is 0 Å². The number of carbonyl (C=O) groups excluding carboxylic acids is 3. The zero-order chi connectivity index (χ0) is 20.8. The number of aliphatic hydroxyl groups is 2. The van der Waals surface area contributed by atoms with Crippen molar-refractivity contribution in [3.63, 3.8) is 0 Å². The predicted octanol–water partition coefficient (Wildman–Crippen LogP) is -5.54. The summed E-state index contributed by atoms with van der Waals surface area (Å²) < 4.78 is 24.8. The fourth-order valence-electron chi connectivity index (χ4n) is 3.19. The summed E-state index contributed by atoms with van der Waals surface area (Å²) >= 11 is 5.79. The van der Waals surface area contributed by atoms with Crippen molar-refractivity contribution in [3.05, 3.63) is 46.1 Å². The van der Waals surface area contributed by atoms with Gasteiger partial charge in [0.15, 0.2) is 21.3 Å². The molecule has 0 spiro atoms. The maximum absolute atomic E-state index is 12.4. The summed E-state index contributed by atoms with van der Waals surface area (Å²) in [4.78, 5) is 36.4. The summed E-state index contributed by atoms with van der Waals surface area (Å²) in [5.41, 5.74) is -0.987. The van der Waals surface area contributed by atoms with Crippen molar-refractivity contribution in [1.82, 2.24) is 10.2 Å². The van der Waals surface area contributed by atoms with Gasteiger partial charge in [0.05, 0.1) is 24.0 Å². The van der Waals surface area contributed by atoms with Gasteiger partial charge in [0.1, 0.15) is 6.04 Å². The predicted molar refractivity (Wildman–Crippen MR) is 91.9 cm³/mol. The molecular weight excluding hydrogens is 423 g/mol. The Morgan fingerprint density at radius 2 is 2.03 bits per heavy atom. The van der Waals surface area contributed by atoms with Crippen molar-refractivity contribution in [1.29, 1.82) is 0 Å². The fraction of sp³-hybridized carbons (Fsp3) is 0.312. The summed E-state index contributed by atoms with van der Waals surface area (Å²) in [6, 6.07) is 4.16. The molecule has 3 atom stereocenters. The number of carboxylic acids is 1. The Balaban J connectivity index is 0.00000300. The number of aliphatic carboxylic acids is 1. The SMILES string of the molecule is O=C([O-])C1=C(CO)CS(=O)(=O)[C@H]2[C@@H](NC(=O)C(O)c3cccc(Cl)c3)C(=O)N12.[Li+]. The van der Waals surface area contributed by atoms with Gasteiger partial charge in [-0.05, 0) is 23.3 Å². The molecule has 1 fully saturated rings. The number of aliphatic hydroxyl groups excluding tert-OH is 2. The van der Waals surface area contributed by atoms with Crippen LogP contribution in [-0.2, 0) is 24.2 Å². The van der Waals surface area contributed by atoms with E-state index in [0.29, 0.717) is 4.90 Å². The van der Waals surface area contributed by atoms with E-state index >= 15 is 0 Å². The maximum atomic E-state index is 12.4. The molecule has 0 saturated carbocycles. The number of fused-ring (bicyclic) bond motifs is 1. The van der Waals surface area contributed by atoms with Crippen LogP contribution in [0.5, 0.6) is 0 Å². The fourth-order valence-corrected chi connectivity index (χ4v) is 5.41. The van der Waals surface area contributed by atoms with Crippen molar-refractivity contribution in [2.45, 2.75) is 17.5 Å². The zero-order valence-electron chi connectivity index (χ0n) is 15.0. The number of amides is 2. The number of halogens is 1. The second kappa shape index (κ2) is 8.47. The number of sulfone groups is 1. The largest absolute Gasteiger partial charge is 1.00 e. The van der Waals surface area contributed by atoms with Crippen LogP contribution in [0.2, 0.25) is 5.02 Å². The molecular formula is C16H14ClLiN2O8S. The molecule has 0 aromatic heterocycles. The first-order valence-electron chi connectivity index (χ1n) is 7.91. The Morgan fingerprint density at radius 3 is 2.59 bits per heavy atom. The van der Waals surface area contributed by atoms with Gasteiger partial charge in [-0.1, -0.05) is 23.7 Å². The van der Waals surface area contributed by atoms with Crippen molar-refractivity contribution in [2.24, 2.45) is 0 Å². The second-order valence-electron chi connectivity index (χ2n) is 6.25. The van der Waals surface area contributed by atoms with Gasteiger partial charge in [0, 0.05) is 5.02 Å². The van der Waals surface area contributed by atoms with E-state index in [0.717, 1.165) is 0 Å². The van der Waals surface area contributed by atoms with Crippen molar-refractivity contribution in [2.75, 3.05) is 12.4 Å². The molecule has 10 nitrogen and oxygen atoms in total. The summed E-state index contributed by atoms with van der Waals surface area (Å²) in [5, 5.41) is 31.4. The van der Waals surface area contributed by atoms with Crippen LogP contribution in [0.3, 0.4) is 0 Å². The Kier molecular flexibility index (Phi) is 6.84. The monoisotopic (exact) mass is 436 g/mol. The normalized spacial score (nSPS) is 23.4. The molecule has 2 aliphatic rings. The summed E-state index contributed by atoms with van der Waals surface area (Å²) in [5.74, 6) is -4.68. The molecule has 1 aromatic rings. The Labute approximate surface area is 182 Å². The van der Waals surface area contributed by atoms with Gasteiger partial charge in [-0.15, -0.1) is 0 Å². The Bertz CT molecular complexity index is 1010. The Hall–Kier alpha value is -1.87. The number of nitrogens with one attached hydrogen (secondary N) is 1. The molecule has 150 valence electrons. The van der Waals surface area contributed by atoms with E-state index in [1.165, 1.54) is 24.3 Å². The topological polar surface area (TPSA) is 164 Å². The smallest absolute Gasteiger partial charge is 0.543 e. The quantitative estimate of drug-likeness (QED) is 0.304. The van der Waals surface area contributed by atoms with Crippen LogP contribution in [0.25, 0.3) is 0 Å². The van der Waals surface area contributed by atoms with E-state index in [-0.39, 0.29) is 35.0 Å². The molecule has 29 heavy (non-hydrogen) atoms. The van der Waals surface area contributed by atoms with Crippen LogP contribution >= 0.6 is 11.6 Å². The molecule has 2 aliphatic heterocycles. The second-order valence-corrected chi connectivity index (χ2v) is 8.78. The molecule has 1 aromatic carbocycles. The Morgan fingerprint density at radius 1 is 1.38 bits per heavy atom. The molecule has 0 radical (unpaired) electrons. The van der Waals surface area contributed by atoms with Crippen LogP contribution in [0.15, 0.2) is 35.5 Å². The van der Waals surface area contributed by atoms with Gasteiger partial charge >= 0.3 is 18.9 Å². The standard InChI is InChI=1S/C16H15ClN2O8S.Li/c17-9-3-1-2-7(4-9)12(21)13(22)18-10-14(23)19-11(16(24)25)8(5-20)6-28(26,27)15(10)19;/h1-4,10,12,15,20-21H,5-6H2,(H,18,22)(H,24,25);/q;+1/p-1/t10-,12?,15-;/m0./s1.